The monoisotopic (exact) mass is 355 g/mol. The maximum absolute atomic E-state index is 12.7. The molecule has 0 N–H and O–H groups in total. The molecule has 0 unspecified atom stereocenters. The number of nitrogens with zero attached hydrogens (tertiary/aromatic N) is 5. The molecule has 0 radical (unpaired) electrons. The normalized spacial score (nSPS) is 18.3. The van der Waals surface area contributed by atoms with E-state index in [0.29, 0.717) is 37.2 Å². The Bertz CT molecular complexity index is 872. The number of amides is 1. The van der Waals surface area contributed by atoms with E-state index in [-0.39, 0.29) is 11.5 Å². The summed E-state index contributed by atoms with van der Waals surface area (Å²) in [4.78, 5) is 26.7. The van der Waals surface area contributed by atoms with E-state index in [2.05, 4.69) is 10.2 Å². The van der Waals surface area contributed by atoms with E-state index >= 15 is 0 Å². The van der Waals surface area contributed by atoms with Crippen LogP contribution < -0.4 is 5.56 Å². The molecule has 4 rings (SSSR count). The van der Waals surface area contributed by atoms with Crippen molar-refractivity contribution in [2.24, 2.45) is 13.0 Å². The first-order chi connectivity index (χ1) is 12.5. The van der Waals surface area contributed by atoms with E-state index in [4.69, 9.17) is 0 Å². The zero-order chi connectivity index (χ0) is 18.3. The Morgan fingerprint density at radius 1 is 1.15 bits per heavy atom. The van der Waals surface area contributed by atoms with Gasteiger partial charge in [0.25, 0.3) is 11.5 Å². The minimum Gasteiger partial charge on any atom is -0.337 e. The topological polar surface area (TPSA) is 73.0 Å². The number of likely N-dealkylation sites (tertiary alicyclic amines) is 1. The van der Waals surface area contributed by atoms with E-state index in [1.807, 2.05) is 24.0 Å². The average molecular weight is 355 g/mol. The van der Waals surface area contributed by atoms with Crippen LogP contribution >= 0.6 is 0 Å². The van der Waals surface area contributed by atoms with E-state index in [1.165, 1.54) is 12.8 Å². The van der Waals surface area contributed by atoms with Gasteiger partial charge in [-0.3, -0.25) is 14.3 Å². The first kappa shape index (κ1) is 17.0. The van der Waals surface area contributed by atoms with Crippen molar-refractivity contribution >= 4 is 5.91 Å². The summed E-state index contributed by atoms with van der Waals surface area (Å²) in [7, 11) is 1.80. The predicted molar refractivity (Wildman–Crippen MR) is 97.0 cm³/mol. The van der Waals surface area contributed by atoms with Crippen LogP contribution in [0.25, 0.3) is 0 Å². The molecule has 2 aromatic heterocycles. The van der Waals surface area contributed by atoms with Crippen LogP contribution in [0.4, 0.5) is 0 Å². The highest BCUT2D eigenvalue weighted by Gasteiger charge is 2.28. The van der Waals surface area contributed by atoms with Gasteiger partial charge in [0.2, 0.25) is 0 Å². The van der Waals surface area contributed by atoms with Crippen molar-refractivity contribution in [3.8, 4) is 0 Å². The number of carbonyl (C=O) groups is 1. The van der Waals surface area contributed by atoms with Gasteiger partial charge in [0.15, 0.2) is 0 Å². The average Bonchev–Trinajstić information content (AvgIpc) is 3.41. The first-order valence-electron chi connectivity index (χ1n) is 9.39. The van der Waals surface area contributed by atoms with Crippen LogP contribution in [0.2, 0.25) is 0 Å². The molecule has 1 aliphatic heterocycles. The number of hydrogen-bond donors (Lipinski definition) is 0. The van der Waals surface area contributed by atoms with Crippen LogP contribution in [0.15, 0.2) is 23.0 Å². The maximum atomic E-state index is 12.7. The minimum atomic E-state index is -0.0294. The Morgan fingerprint density at radius 2 is 1.88 bits per heavy atom. The highest BCUT2D eigenvalue weighted by molar-refractivity contribution is 5.92. The van der Waals surface area contributed by atoms with Crippen LogP contribution in [0.5, 0.6) is 0 Å². The Morgan fingerprint density at radius 3 is 2.50 bits per heavy atom. The van der Waals surface area contributed by atoms with Gasteiger partial charge in [0.1, 0.15) is 5.69 Å². The third-order valence-electron chi connectivity index (χ3n) is 5.44. The fourth-order valence-corrected chi connectivity index (χ4v) is 3.73. The number of hydrogen-bond acceptors (Lipinski definition) is 4. The Labute approximate surface area is 152 Å². The molecule has 1 saturated heterocycles. The summed E-state index contributed by atoms with van der Waals surface area (Å²) in [5, 5.41) is 8.81. The van der Waals surface area contributed by atoms with Gasteiger partial charge in [0, 0.05) is 38.7 Å². The van der Waals surface area contributed by atoms with Crippen molar-refractivity contribution < 1.29 is 4.79 Å². The second kappa shape index (κ2) is 6.70. The second-order valence-electron chi connectivity index (χ2n) is 7.58. The van der Waals surface area contributed by atoms with Gasteiger partial charge >= 0.3 is 0 Å². The largest absolute Gasteiger partial charge is 0.337 e. The summed E-state index contributed by atoms with van der Waals surface area (Å²) in [6, 6.07) is 5.35. The lowest BCUT2D eigenvalue weighted by Gasteiger charge is -2.32. The lowest BCUT2D eigenvalue weighted by atomic mass is 9.96. The molecule has 1 saturated carbocycles. The van der Waals surface area contributed by atoms with Gasteiger partial charge < -0.3 is 4.90 Å². The van der Waals surface area contributed by atoms with Crippen LogP contribution in [0, 0.1) is 12.8 Å². The first-order valence-corrected chi connectivity index (χ1v) is 9.39. The molecular formula is C19H25N5O2. The van der Waals surface area contributed by atoms with E-state index in [1.54, 1.807) is 22.5 Å². The summed E-state index contributed by atoms with van der Waals surface area (Å²) in [5.74, 6) is 0.966. The van der Waals surface area contributed by atoms with Crippen molar-refractivity contribution in [2.45, 2.75) is 45.1 Å². The molecule has 2 aromatic rings. The fourth-order valence-electron chi connectivity index (χ4n) is 3.73. The SMILES string of the molecule is Cc1cc(C(=O)N2CCC(Cn3nc(C4CC4)ccc3=O)CC2)n(C)n1. The van der Waals surface area contributed by atoms with Crippen molar-refractivity contribution in [1.82, 2.24) is 24.5 Å². The Hall–Kier alpha value is -2.44. The predicted octanol–water partition coefficient (Wildman–Crippen LogP) is 1.72. The molecule has 7 nitrogen and oxygen atoms in total. The smallest absolute Gasteiger partial charge is 0.272 e. The molecular weight excluding hydrogens is 330 g/mol. The molecule has 1 amide bonds. The van der Waals surface area contributed by atoms with Crippen LogP contribution in [-0.4, -0.2) is 43.5 Å². The zero-order valence-electron chi connectivity index (χ0n) is 15.4. The number of carbonyl (C=O) groups excluding carboxylic acids is 1. The molecule has 0 spiro atoms. The fraction of sp³-hybridized carbons (Fsp3) is 0.579. The maximum Gasteiger partial charge on any atom is 0.272 e. The van der Waals surface area contributed by atoms with Crippen LogP contribution in [-0.2, 0) is 13.6 Å². The van der Waals surface area contributed by atoms with Gasteiger partial charge in [0.05, 0.1) is 11.4 Å². The van der Waals surface area contributed by atoms with Crippen molar-refractivity contribution in [3.05, 3.63) is 45.6 Å². The number of piperidine rings is 1. The molecule has 1 aliphatic carbocycles. The molecule has 138 valence electrons. The molecule has 0 atom stereocenters. The van der Waals surface area contributed by atoms with Crippen molar-refractivity contribution in [1.29, 1.82) is 0 Å². The molecule has 0 aromatic carbocycles. The molecule has 3 heterocycles. The third-order valence-corrected chi connectivity index (χ3v) is 5.44. The molecule has 7 heteroatoms. The second-order valence-corrected chi connectivity index (χ2v) is 7.58. The number of aryl methyl sites for hydroxylation is 2. The van der Waals surface area contributed by atoms with E-state index < -0.39 is 0 Å². The lowest BCUT2D eigenvalue weighted by Crippen LogP contribution is -2.41. The van der Waals surface area contributed by atoms with Crippen molar-refractivity contribution in [2.75, 3.05) is 13.1 Å². The quantitative estimate of drug-likeness (QED) is 0.837. The number of aromatic nitrogens is 4. The van der Waals surface area contributed by atoms with E-state index in [0.717, 1.165) is 24.2 Å². The molecule has 2 fully saturated rings. The molecule has 0 bridgehead atoms. The van der Waals surface area contributed by atoms with Gasteiger partial charge in [-0.25, -0.2) is 4.68 Å². The Kier molecular flexibility index (Phi) is 4.38. The van der Waals surface area contributed by atoms with Crippen LogP contribution in [0.1, 0.15) is 53.5 Å². The molecule has 2 aliphatic rings. The number of rotatable bonds is 4. The van der Waals surface area contributed by atoms with Gasteiger partial charge in [-0.1, -0.05) is 0 Å². The molecule has 26 heavy (non-hydrogen) atoms. The summed E-state index contributed by atoms with van der Waals surface area (Å²) < 4.78 is 3.27. The summed E-state index contributed by atoms with van der Waals surface area (Å²) in [6.07, 6.45) is 4.15. The summed E-state index contributed by atoms with van der Waals surface area (Å²) >= 11 is 0. The van der Waals surface area contributed by atoms with E-state index in [9.17, 15) is 9.59 Å². The minimum absolute atomic E-state index is 0.0294. The van der Waals surface area contributed by atoms with Crippen LogP contribution in [0.3, 0.4) is 0 Å². The zero-order valence-corrected chi connectivity index (χ0v) is 15.4. The summed E-state index contributed by atoms with van der Waals surface area (Å²) in [5.41, 5.74) is 2.50. The van der Waals surface area contributed by atoms with Gasteiger partial charge in [-0.05, 0) is 50.7 Å². The lowest BCUT2D eigenvalue weighted by molar-refractivity contribution is 0.0669. The van der Waals surface area contributed by atoms with Gasteiger partial charge in [-0.15, -0.1) is 0 Å². The van der Waals surface area contributed by atoms with Gasteiger partial charge in [-0.2, -0.15) is 10.2 Å². The Balaban J connectivity index is 1.38. The van der Waals surface area contributed by atoms with Crippen molar-refractivity contribution in [3.63, 3.8) is 0 Å². The standard InChI is InChI=1S/C19H25N5O2/c1-13-11-17(22(2)20-13)19(26)23-9-7-14(8-10-23)12-24-18(25)6-5-16(21-24)15-3-4-15/h5-6,11,14-15H,3-4,7-10,12H2,1-2H3. The highest BCUT2D eigenvalue weighted by atomic mass is 16.2. The highest BCUT2D eigenvalue weighted by Crippen LogP contribution is 2.38. The third kappa shape index (κ3) is 3.43. The summed E-state index contributed by atoms with van der Waals surface area (Å²) in [6.45, 7) is 3.96.